The fourth-order valence-electron chi connectivity index (χ4n) is 1.11. The predicted molar refractivity (Wildman–Crippen MR) is 70.6 cm³/mol. The number of hydrogen-bond donors (Lipinski definition) is 1. The molecule has 0 atom stereocenters. The number of ketones is 1. The summed E-state index contributed by atoms with van der Waals surface area (Å²) < 4.78 is 0. The molecule has 89 valence electrons. The number of aromatic hydroxyl groups is 1. The number of allylic oxidation sites excluding steroid dienone is 1. The van der Waals surface area contributed by atoms with Crippen molar-refractivity contribution in [3.8, 4) is 5.75 Å². The molecular formula is C15H17O2. The van der Waals surface area contributed by atoms with Crippen LogP contribution in [0.1, 0.15) is 25.0 Å². The van der Waals surface area contributed by atoms with Crippen molar-refractivity contribution in [2.45, 2.75) is 20.8 Å². The number of benzene rings is 1. The lowest BCUT2D eigenvalue weighted by Gasteiger charge is -2.01. The summed E-state index contributed by atoms with van der Waals surface area (Å²) in [5.41, 5.74) is 4.33. The van der Waals surface area contributed by atoms with Gasteiger partial charge in [-0.05, 0) is 50.6 Å². The van der Waals surface area contributed by atoms with E-state index in [4.69, 9.17) is 0 Å². The smallest absolute Gasteiger partial charge is 0.155 e. The highest BCUT2D eigenvalue weighted by molar-refractivity contribution is 5.97. The zero-order valence-corrected chi connectivity index (χ0v) is 10.4. The highest BCUT2D eigenvalue weighted by Gasteiger charge is 2.01. The number of Topliss-reactive ketones (excluding diaryl/α,β-unsaturated/α-hetero) is 1. The molecule has 0 aliphatic rings. The summed E-state index contributed by atoms with van der Waals surface area (Å²) in [5.74, 6) is 0.232. The third kappa shape index (κ3) is 5.55. The van der Waals surface area contributed by atoms with E-state index in [2.05, 4.69) is 13.2 Å². The molecule has 0 spiro atoms. The zero-order valence-electron chi connectivity index (χ0n) is 10.4. The van der Waals surface area contributed by atoms with E-state index >= 15 is 0 Å². The number of carbonyl (C=O) groups excluding carboxylic acids is 1. The Kier molecular flexibility index (Phi) is 6.39. The Morgan fingerprint density at radius 3 is 2.41 bits per heavy atom. The molecular weight excluding hydrogens is 212 g/mol. The van der Waals surface area contributed by atoms with Gasteiger partial charge in [0.15, 0.2) is 5.78 Å². The summed E-state index contributed by atoms with van der Waals surface area (Å²) in [5, 5.41) is 9.57. The van der Waals surface area contributed by atoms with E-state index in [1.807, 2.05) is 18.7 Å². The third-order valence-corrected chi connectivity index (χ3v) is 2.11. The number of hydrogen-bond acceptors (Lipinski definition) is 2. The normalized spacial score (nSPS) is 9.94. The molecule has 0 aliphatic carbocycles. The molecule has 0 heterocycles. The van der Waals surface area contributed by atoms with Crippen molar-refractivity contribution in [1.82, 2.24) is 0 Å². The Labute approximate surface area is 103 Å². The van der Waals surface area contributed by atoms with E-state index in [0.29, 0.717) is 11.1 Å². The number of rotatable bonds is 2. The second kappa shape index (κ2) is 7.26. The van der Waals surface area contributed by atoms with Gasteiger partial charge in [0.25, 0.3) is 0 Å². The molecule has 0 bridgehead atoms. The molecule has 0 aliphatic heterocycles. The van der Waals surface area contributed by atoms with Gasteiger partial charge in [-0.25, -0.2) is 0 Å². The minimum absolute atomic E-state index is 0.0185. The van der Waals surface area contributed by atoms with Crippen LogP contribution in [0.15, 0.2) is 36.1 Å². The fraction of sp³-hybridized carbons (Fsp3) is 0.200. The van der Waals surface area contributed by atoms with Gasteiger partial charge in [0.1, 0.15) is 5.75 Å². The third-order valence-electron chi connectivity index (χ3n) is 2.11. The lowest BCUT2D eigenvalue weighted by molar-refractivity contribution is -0.113. The molecule has 1 radical (unpaired) electrons. The first kappa shape index (κ1) is 14.9. The summed E-state index contributed by atoms with van der Waals surface area (Å²) in [6.45, 7) is 12.7. The number of aryl methyl sites for hydroxylation is 1. The Morgan fingerprint density at radius 1 is 1.47 bits per heavy atom. The van der Waals surface area contributed by atoms with E-state index in [-0.39, 0.29) is 11.5 Å². The van der Waals surface area contributed by atoms with Gasteiger partial charge in [0.2, 0.25) is 0 Å². The van der Waals surface area contributed by atoms with Gasteiger partial charge >= 0.3 is 0 Å². The summed E-state index contributed by atoms with van der Waals surface area (Å²) >= 11 is 0. The molecule has 0 amide bonds. The van der Waals surface area contributed by atoms with Crippen LogP contribution in [0, 0.1) is 13.5 Å². The summed E-state index contributed by atoms with van der Waals surface area (Å²) in [6, 6.07) is 5.38. The van der Waals surface area contributed by atoms with Crippen molar-refractivity contribution in [2.24, 2.45) is 0 Å². The second-order valence-electron chi connectivity index (χ2n) is 3.65. The number of phenolic OH excluding ortho intramolecular Hbond substituents is 1. The molecule has 1 aromatic carbocycles. The molecule has 2 heteroatoms. The van der Waals surface area contributed by atoms with Gasteiger partial charge in [-0.15, -0.1) is 5.73 Å². The van der Waals surface area contributed by atoms with Gasteiger partial charge < -0.3 is 5.11 Å². The van der Waals surface area contributed by atoms with Crippen LogP contribution in [0.5, 0.6) is 5.75 Å². The molecule has 17 heavy (non-hydrogen) atoms. The molecule has 0 aromatic heterocycles. The topological polar surface area (TPSA) is 37.3 Å². The van der Waals surface area contributed by atoms with Crippen LogP contribution in [0.2, 0.25) is 0 Å². The van der Waals surface area contributed by atoms with Gasteiger partial charge in [0.05, 0.1) is 0 Å². The van der Waals surface area contributed by atoms with Crippen LogP contribution in [0.4, 0.5) is 0 Å². The monoisotopic (exact) mass is 229 g/mol. The number of carbonyl (C=O) groups is 1. The van der Waals surface area contributed by atoms with Gasteiger partial charge in [-0.1, -0.05) is 18.7 Å². The maximum Gasteiger partial charge on any atom is 0.155 e. The maximum absolute atomic E-state index is 11.0. The van der Waals surface area contributed by atoms with Crippen LogP contribution in [0.25, 0.3) is 6.08 Å². The molecule has 2 nitrogen and oxygen atoms in total. The van der Waals surface area contributed by atoms with Crippen molar-refractivity contribution in [2.75, 3.05) is 0 Å². The Balaban J connectivity index is 0.000000770. The Morgan fingerprint density at radius 2 is 2.00 bits per heavy atom. The van der Waals surface area contributed by atoms with Crippen molar-refractivity contribution in [3.05, 3.63) is 53.8 Å². The van der Waals surface area contributed by atoms with Crippen LogP contribution < -0.4 is 0 Å². The van der Waals surface area contributed by atoms with Crippen molar-refractivity contribution < 1.29 is 9.90 Å². The van der Waals surface area contributed by atoms with Crippen molar-refractivity contribution >= 4 is 11.9 Å². The molecule has 1 rings (SSSR count). The Bertz CT molecular complexity index is 462. The average molecular weight is 229 g/mol. The highest BCUT2D eigenvalue weighted by atomic mass is 16.3. The fourth-order valence-corrected chi connectivity index (χ4v) is 1.11. The summed E-state index contributed by atoms with van der Waals surface area (Å²) in [6.07, 6.45) is 1.69. The van der Waals surface area contributed by atoms with Crippen LogP contribution in [-0.4, -0.2) is 10.9 Å². The predicted octanol–water partition coefficient (Wildman–Crippen LogP) is 3.45. The van der Waals surface area contributed by atoms with E-state index in [1.165, 1.54) is 6.92 Å². The molecule has 1 N–H and O–H groups in total. The first-order valence-corrected chi connectivity index (χ1v) is 5.14. The lowest BCUT2D eigenvalue weighted by atomic mass is 10.1. The lowest BCUT2D eigenvalue weighted by Crippen LogP contribution is -1.90. The Hall–Kier alpha value is -2.05. The van der Waals surface area contributed by atoms with Crippen LogP contribution in [-0.2, 0) is 4.79 Å². The van der Waals surface area contributed by atoms with Crippen LogP contribution >= 0.6 is 0 Å². The first-order valence-electron chi connectivity index (χ1n) is 5.14. The second-order valence-corrected chi connectivity index (χ2v) is 3.65. The average Bonchev–Trinajstić information content (AvgIpc) is 2.23. The number of phenols is 1. The first-order chi connectivity index (χ1) is 7.92. The van der Waals surface area contributed by atoms with Crippen molar-refractivity contribution in [1.29, 1.82) is 0 Å². The maximum atomic E-state index is 11.0. The van der Waals surface area contributed by atoms with E-state index in [0.717, 1.165) is 5.56 Å². The SMILES string of the molecule is CC(=O)/C(C)=C\c1ccc(C)cc1O.[CH]=C=C. The minimum atomic E-state index is 0.0185. The minimum Gasteiger partial charge on any atom is -0.507 e. The molecule has 0 unspecified atom stereocenters. The van der Waals surface area contributed by atoms with E-state index in [9.17, 15) is 9.90 Å². The van der Waals surface area contributed by atoms with Gasteiger partial charge in [-0.3, -0.25) is 4.79 Å². The van der Waals surface area contributed by atoms with Gasteiger partial charge in [0, 0.05) is 5.56 Å². The van der Waals surface area contributed by atoms with Crippen molar-refractivity contribution in [3.63, 3.8) is 0 Å². The molecule has 0 saturated heterocycles. The van der Waals surface area contributed by atoms with E-state index in [1.54, 1.807) is 25.1 Å². The summed E-state index contributed by atoms with van der Waals surface area (Å²) in [4.78, 5) is 11.0. The summed E-state index contributed by atoms with van der Waals surface area (Å²) in [7, 11) is 0. The molecule has 1 aromatic rings. The largest absolute Gasteiger partial charge is 0.507 e. The standard InChI is InChI=1S/C12H14O2.C3H3/c1-8-4-5-11(12(14)6-8)7-9(2)10(3)13;1-3-2/h4-7,14H,1-3H3;1H,2H2/b9-7-;. The van der Waals surface area contributed by atoms with E-state index < -0.39 is 0 Å². The quantitative estimate of drug-likeness (QED) is 0.623. The molecule has 0 fully saturated rings. The zero-order chi connectivity index (χ0) is 13.4. The van der Waals surface area contributed by atoms with Crippen LogP contribution in [0.3, 0.4) is 0 Å². The highest BCUT2D eigenvalue weighted by Crippen LogP contribution is 2.21. The molecule has 0 saturated carbocycles. The van der Waals surface area contributed by atoms with Gasteiger partial charge in [-0.2, -0.15) is 0 Å².